The number of unbranched alkanes of at least 4 members (excludes halogenated alkanes) is 35. The Labute approximate surface area is 311 Å². The number of nitrogens with zero attached hydrogens (tertiary/aromatic N) is 2. The minimum atomic E-state index is 0.637. The molecule has 0 N–H and O–H groups in total. The first-order valence-corrected chi connectivity index (χ1v) is 23.5. The number of hydrogen-bond donors (Lipinski definition) is 0. The molecular formula is C47H94N2. The third-order valence-electron chi connectivity index (χ3n) is 11.6. The summed E-state index contributed by atoms with van der Waals surface area (Å²) in [7, 11) is 0. The molecule has 49 heavy (non-hydrogen) atoms. The van der Waals surface area contributed by atoms with Crippen molar-refractivity contribution < 1.29 is 0 Å². The summed E-state index contributed by atoms with van der Waals surface area (Å²) in [5, 5.41) is 0. The standard InChI is InChI=1S/C47H94N2/c1-4-7-10-13-16-19-22-24-25-27-29-32-35-38-41-44-49-46-45-48(47(49)42-39-36-33-30-21-18-15-12-9-6-3)43-40-37-34-31-28-26-23-20-17-14-11-8-5-2/h45-47H,4-44H2,1-3H3. The molecule has 1 atom stereocenters. The Bertz CT molecular complexity index is 644. The van der Waals surface area contributed by atoms with Gasteiger partial charge in [-0.2, -0.15) is 0 Å². The minimum Gasteiger partial charge on any atom is -0.356 e. The Hall–Kier alpha value is -0.660. The van der Waals surface area contributed by atoms with Gasteiger partial charge in [0.2, 0.25) is 0 Å². The monoisotopic (exact) mass is 687 g/mol. The van der Waals surface area contributed by atoms with Crippen LogP contribution in [0.2, 0.25) is 0 Å². The summed E-state index contributed by atoms with van der Waals surface area (Å²) >= 11 is 0. The third-order valence-corrected chi connectivity index (χ3v) is 11.6. The Morgan fingerprint density at radius 2 is 0.469 bits per heavy atom. The predicted octanol–water partition coefficient (Wildman–Crippen LogP) is 16.7. The van der Waals surface area contributed by atoms with Crippen LogP contribution in [-0.4, -0.2) is 29.1 Å². The Kier molecular flexibility index (Phi) is 36.5. The number of rotatable bonds is 41. The molecule has 0 amide bonds. The average molecular weight is 687 g/mol. The molecule has 1 aliphatic rings. The van der Waals surface area contributed by atoms with Gasteiger partial charge in [0.15, 0.2) is 0 Å². The maximum Gasteiger partial charge on any atom is 0.101 e. The normalized spacial score (nSPS) is 14.6. The van der Waals surface area contributed by atoms with E-state index in [2.05, 4.69) is 43.0 Å². The van der Waals surface area contributed by atoms with Gasteiger partial charge in [-0.1, -0.05) is 245 Å². The van der Waals surface area contributed by atoms with Crippen molar-refractivity contribution in [2.45, 2.75) is 277 Å². The molecule has 0 aromatic rings. The zero-order valence-electron chi connectivity index (χ0n) is 34.6. The van der Waals surface area contributed by atoms with E-state index in [-0.39, 0.29) is 0 Å². The molecule has 0 fully saturated rings. The summed E-state index contributed by atoms with van der Waals surface area (Å²) in [6, 6.07) is 0. The quantitative estimate of drug-likeness (QED) is 0.0591. The summed E-state index contributed by atoms with van der Waals surface area (Å²) in [5.74, 6) is 0. The van der Waals surface area contributed by atoms with Crippen LogP contribution in [0.4, 0.5) is 0 Å². The van der Waals surface area contributed by atoms with Crippen molar-refractivity contribution in [2.75, 3.05) is 13.1 Å². The average Bonchev–Trinajstić information content (AvgIpc) is 3.50. The molecule has 2 nitrogen and oxygen atoms in total. The van der Waals surface area contributed by atoms with Crippen LogP contribution < -0.4 is 0 Å². The second kappa shape index (κ2) is 38.6. The van der Waals surface area contributed by atoms with Gasteiger partial charge in [-0.05, 0) is 25.7 Å². The van der Waals surface area contributed by atoms with E-state index in [1.54, 1.807) is 0 Å². The smallest absolute Gasteiger partial charge is 0.101 e. The molecular weight excluding hydrogens is 593 g/mol. The fourth-order valence-corrected chi connectivity index (χ4v) is 8.13. The van der Waals surface area contributed by atoms with Gasteiger partial charge in [-0.3, -0.25) is 0 Å². The van der Waals surface area contributed by atoms with Crippen molar-refractivity contribution in [3.8, 4) is 0 Å². The fraction of sp³-hybridized carbons (Fsp3) is 0.957. The second-order valence-electron chi connectivity index (χ2n) is 16.4. The molecule has 0 aliphatic carbocycles. The highest BCUT2D eigenvalue weighted by molar-refractivity contribution is 4.97. The summed E-state index contributed by atoms with van der Waals surface area (Å²) in [5.41, 5.74) is 0. The van der Waals surface area contributed by atoms with Crippen LogP contribution in [0.25, 0.3) is 0 Å². The lowest BCUT2D eigenvalue weighted by Crippen LogP contribution is -2.39. The van der Waals surface area contributed by atoms with Gasteiger partial charge in [0.25, 0.3) is 0 Å². The largest absolute Gasteiger partial charge is 0.356 e. The minimum absolute atomic E-state index is 0.637. The van der Waals surface area contributed by atoms with Crippen molar-refractivity contribution in [1.82, 2.24) is 9.80 Å². The predicted molar refractivity (Wildman–Crippen MR) is 223 cm³/mol. The highest BCUT2D eigenvalue weighted by Crippen LogP contribution is 2.24. The van der Waals surface area contributed by atoms with E-state index < -0.39 is 0 Å². The van der Waals surface area contributed by atoms with E-state index in [0.717, 1.165) is 0 Å². The first-order chi connectivity index (χ1) is 24.3. The third kappa shape index (κ3) is 30.7. The molecule has 0 saturated heterocycles. The van der Waals surface area contributed by atoms with E-state index in [1.165, 1.54) is 264 Å². The maximum absolute atomic E-state index is 2.73. The highest BCUT2D eigenvalue weighted by Gasteiger charge is 2.24. The van der Waals surface area contributed by atoms with Crippen LogP contribution in [0.5, 0.6) is 0 Å². The Morgan fingerprint density at radius 3 is 0.714 bits per heavy atom. The van der Waals surface area contributed by atoms with Crippen LogP contribution >= 0.6 is 0 Å². The lowest BCUT2D eigenvalue weighted by Gasteiger charge is -2.33. The van der Waals surface area contributed by atoms with E-state index >= 15 is 0 Å². The maximum atomic E-state index is 2.73. The van der Waals surface area contributed by atoms with Crippen LogP contribution in [0.1, 0.15) is 271 Å². The van der Waals surface area contributed by atoms with Crippen LogP contribution in [0.15, 0.2) is 12.4 Å². The highest BCUT2D eigenvalue weighted by atomic mass is 15.4. The van der Waals surface area contributed by atoms with E-state index in [9.17, 15) is 0 Å². The van der Waals surface area contributed by atoms with Crippen molar-refractivity contribution in [3.05, 3.63) is 12.4 Å². The van der Waals surface area contributed by atoms with Gasteiger partial charge in [-0.25, -0.2) is 0 Å². The Balaban J connectivity index is 2.19. The number of hydrogen-bond acceptors (Lipinski definition) is 2. The molecule has 1 heterocycles. The van der Waals surface area contributed by atoms with Crippen LogP contribution in [0.3, 0.4) is 0 Å². The molecule has 0 saturated carbocycles. The lowest BCUT2D eigenvalue weighted by molar-refractivity contribution is 0.135. The van der Waals surface area contributed by atoms with Gasteiger partial charge in [0.05, 0.1) is 0 Å². The van der Waals surface area contributed by atoms with E-state index in [0.29, 0.717) is 6.17 Å². The molecule has 292 valence electrons. The fourth-order valence-electron chi connectivity index (χ4n) is 8.13. The second-order valence-corrected chi connectivity index (χ2v) is 16.4. The molecule has 1 unspecified atom stereocenters. The summed E-state index contributed by atoms with van der Waals surface area (Å²) in [6.45, 7) is 9.49. The first kappa shape index (κ1) is 46.4. The van der Waals surface area contributed by atoms with Crippen molar-refractivity contribution in [2.24, 2.45) is 0 Å². The summed E-state index contributed by atoms with van der Waals surface area (Å²) < 4.78 is 0. The van der Waals surface area contributed by atoms with Crippen molar-refractivity contribution in [1.29, 1.82) is 0 Å². The molecule has 1 aliphatic heterocycles. The Morgan fingerprint density at radius 1 is 0.265 bits per heavy atom. The van der Waals surface area contributed by atoms with Gasteiger partial charge in [0, 0.05) is 25.5 Å². The molecule has 0 aromatic heterocycles. The van der Waals surface area contributed by atoms with Gasteiger partial charge >= 0.3 is 0 Å². The van der Waals surface area contributed by atoms with Crippen LogP contribution in [-0.2, 0) is 0 Å². The molecule has 0 radical (unpaired) electrons. The van der Waals surface area contributed by atoms with E-state index in [1.807, 2.05) is 0 Å². The van der Waals surface area contributed by atoms with E-state index in [4.69, 9.17) is 0 Å². The first-order valence-electron chi connectivity index (χ1n) is 23.5. The summed E-state index contributed by atoms with van der Waals surface area (Å²) in [4.78, 5) is 5.47. The van der Waals surface area contributed by atoms with Gasteiger partial charge in [0.1, 0.15) is 6.17 Å². The van der Waals surface area contributed by atoms with Crippen LogP contribution in [0, 0.1) is 0 Å². The molecule has 2 heteroatoms. The lowest BCUT2D eigenvalue weighted by atomic mass is 10.0. The zero-order chi connectivity index (χ0) is 35.1. The van der Waals surface area contributed by atoms with Crippen molar-refractivity contribution in [3.63, 3.8) is 0 Å². The van der Waals surface area contributed by atoms with Crippen molar-refractivity contribution >= 4 is 0 Å². The summed E-state index contributed by atoms with van der Waals surface area (Å²) in [6.07, 6.45) is 61.9. The molecule has 0 spiro atoms. The van der Waals surface area contributed by atoms with Gasteiger partial charge in [-0.15, -0.1) is 0 Å². The molecule has 1 rings (SSSR count). The molecule has 0 aromatic carbocycles. The molecule has 0 bridgehead atoms. The zero-order valence-corrected chi connectivity index (χ0v) is 34.6. The topological polar surface area (TPSA) is 6.48 Å². The van der Waals surface area contributed by atoms with Gasteiger partial charge < -0.3 is 9.80 Å². The SMILES string of the molecule is CCCCCCCCCCCCCCCCCN1C=CN(CCCCCCCCCCCCCCC)C1CCCCCCCCCCCC.